The number of hydrogen-bond acceptors (Lipinski definition) is 16. The predicted molar refractivity (Wildman–Crippen MR) is 299 cm³/mol. The number of benzene rings is 5. The minimum absolute atomic E-state index is 0.281. The lowest BCUT2D eigenvalue weighted by molar-refractivity contribution is 0.0513. The lowest BCUT2D eigenvalue weighted by Crippen LogP contribution is -2.48. The lowest BCUT2D eigenvalue weighted by atomic mass is 9.76. The van der Waals surface area contributed by atoms with Crippen LogP contribution in [0.15, 0.2) is 24.3 Å². The van der Waals surface area contributed by atoms with E-state index in [4.69, 9.17) is 53.1 Å². The van der Waals surface area contributed by atoms with E-state index in [1.165, 1.54) is 9.80 Å². The van der Waals surface area contributed by atoms with E-state index >= 15 is 19.2 Å². The molecule has 0 radical (unpaired) electrons. The normalized spacial score (nSPS) is 14.8. The van der Waals surface area contributed by atoms with Crippen molar-refractivity contribution in [1.29, 1.82) is 0 Å². The zero-order valence-corrected chi connectivity index (χ0v) is 51.4. The predicted octanol–water partition coefficient (Wildman–Crippen LogP) is 8.99. The van der Waals surface area contributed by atoms with Crippen LogP contribution in [0.3, 0.4) is 0 Å². The van der Waals surface area contributed by atoms with Crippen molar-refractivity contribution in [1.82, 2.24) is 9.80 Å². The van der Waals surface area contributed by atoms with Gasteiger partial charge in [-0.3, -0.25) is 29.0 Å². The first-order chi connectivity index (χ1) is 36.5. The van der Waals surface area contributed by atoms with Crippen LogP contribution in [0.25, 0.3) is 43.1 Å². The number of aryl methyl sites for hydroxylation is 4. The number of fused-ring (bicyclic) bond motifs is 2. The van der Waals surface area contributed by atoms with Crippen LogP contribution < -0.4 is 0 Å². The third-order valence-corrected chi connectivity index (χ3v) is 27.5. The molecule has 0 saturated carbocycles. The Bertz CT molecular complexity index is 2560. The summed E-state index contributed by atoms with van der Waals surface area (Å²) in [6.45, 7) is 7.94. The van der Waals surface area contributed by atoms with Gasteiger partial charge in [0.15, 0.2) is 0 Å². The maximum atomic E-state index is 15.7. The van der Waals surface area contributed by atoms with Gasteiger partial charge in [-0.2, -0.15) is 0 Å². The quantitative estimate of drug-likeness (QED) is 0.0183. The molecular formula is C54H78N2O16Si4. The Kier molecular flexibility index (Phi) is 19.0. The van der Waals surface area contributed by atoms with Gasteiger partial charge in [-0.05, 0) is 130 Å². The van der Waals surface area contributed by atoms with Gasteiger partial charge in [0.2, 0.25) is 0 Å². The van der Waals surface area contributed by atoms with Crippen molar-refractivity contribution in [3.05, 3.63) is 68.8 Å². The molecule has 0 aromatic heterocycles. The van der Waals surface area contributed by atoms with Gasteiger partial charge in [-0.1, -0.05) is 27.7 Å². The average molecular weight is 1120 g/mol. The summed E-state index contributed by atoms with van der Waals surface area (Å²) in [6, 6.07) is 8.63. The highest BCUT2D eigenvalue weighted by molar-refractivity contribution is 6.62. The molecule has 22 heteroatoms. The van der Waals surface area contributed by atoms with E-state index in [-0.39, 0.29) is 49.3 Å². The van der Waals surface area contributed by atoms with Gasteiger partial charge < -0.3 is 53.1 Å². The summed E-state index contributed by atoms with van der Waals surface area (Å²) in [7, 11) is 5.59. The highest BCUT2D eigenvalue weighted by Crippen LogP contribution is 2.51. The fourth-order valence-electron chi connectivity index (χ4n) is 12.1. The lowest BCUT2D eigenvalue weighted by Gasteiger charge is -2.37. The summed E-state index contributed by atoms with van der Waals surface area (Å²) in [5.41, 5.74) is 4.32. The largest absolute Gasteiger partial charge is 0.500 e. The molecule has 0 fully saturated rings. The SMILES string of the molecule is CCC(CC)N1C(=O)c2c(CC[Si](OC)(OC)OC)cc3c4cc(CC[Si](OC)(OC)OC)c5c6c(c(CC[Si](OC)(OC)OC)cc(c7cc(CC[Si](OC)(OC)OC)c(c2c37)C1=O)c64)C(=O)N(C(CC)CC)C5=O. The minimum atomic E-state index is -3.27. The molecule has 0 atom stereocenters. The van der Waals surface area contributed by atoms with E-state index in [0.29, 0.717) is 116 Å². The van der Waals surface area contributed by atoms with Crippen LogP contribution in [0.1, 0.15) is 117 Å². The second kappa shape index (κ2) is 24.2. The van der Waals surface area contributed by atoms with E-state index in [2.05, 4.69) is 24.3 Å². The zero-order valence-electron chi connectivity index (χ0n) is 47.4. The summed E-state index contributed by atoms with van der Waals surface area (Å²) in [4.78, 5) is 65.6. The van der Waals surface area contributed by atoms with Crippen LogP contribution in [0.5, 0.6) is 0 Å². The van der Waals surface area contributed by atoms with Crippen molar-refractivity contribution in [2.75, 3.05) is 85.3 Å². The van der Waals surface area contributed by atoms with E-state index < -0.39 is 47.3 Å². The monoisotopic (exact) mass is 1120 g/mol. The maximum absolute atomic E-state index is 15.7. The van der Waals surface area contributed by atoms with Crippen LogP contribution in [0.2, 0.25) is 24.2 Å². The Hall–Kier alpha value is -3.93. The van der Waals surface area contributed by atoms with Crippen LogP contribution in [-0.2, 0) is 78.8 Å². The molecule has 7 rings (SSSR count). The number of nitrogens with zero attached hydrogens (tertiary/aromatic N) is 2. The Labute approximate surface area is 451 Å². The minimum Gasteiger partial charge on any atom is -0.377 e. The molecular weight excluding hydrogens is 1040 g/mol. The molecule has 2 aliphatic rings. The summed E-state index contributed by atoms with van der Waals surface area (Å²) >= 11 is 0. The first kappa shape index (κ1) is 59.7. The third kappa shape index (κ3) is 9.87. The Morgan fingerprint density at radius 2 is 0.513 bits per heavy atom. The molecule has 0 N–H and O–H groups in total. The molecule has 2 aliphatic heterocycles. The molecule has 2 heterocycles. The number of rotatable bonds is 30. The average Bonchev–Trinajstić information content (AvgIpc) is 3.45. The second-order valence-corrected chi connectivity index (χ2v) is 31.8. The third-order valence-electron chi connectivity index (χ3n) is 16.6. The Morgan fingerprint density at radius 1 is 0.329 bits per heavy atom. The molecule has 0 spiro atoms. The molecule has 4 amide bonds. The van der Waals surface area contributed by atoms with Crippen molar-refractivity contribution < 1.29 is 72.3 Å². The summed E-state index contributed by atoms with van der Waals surface area (Å²) in [6.07, 6.45) is 3.30. The molecule has 0 aliphatic carbocycles. The number of carbonyl (C=O) groups is 4. The van der Waals surface area contributed by atoms with Gasteiger partial charge in [0.25, 0.3) is 23.6 Å². The van der Waals surface area contributed by atoms with Crippen LogP contribution in [-0.4, -0.2) is 166 Å². The molecule has 5 aromatic rings. The van der Waals surface area contributed by atoms with Gasteiger partial charge in [0.05, 0.1) is 22.3 Å². The Morgan fingerprint density at radius 3 is 0.671 bits per heavy atom. The number of hydrogen-bond donors (Lipinski definition) is 0. The van der Waals surface area contributed by atoms with Crippen molar-refractivity contribution in [3.63, 3.8) is 0 Å². The molecule has 0 saturated heterocycles. The van der Waals surface area contributed by atoms with Gasteiger partial charge in [-0.15, -0.1) is 0 Å². The van der Waals surface area contributed by atoms with Crippen LogP contribution >= 0.6 is 0 Å². The number of imide groups is 2. The number of amides is 4. The maximum Gasteiger partial charge on any atom is 0.500 e. The van der Waals surface area contributed by atoms with Gasteiger partial charge in [0, 0.05) is 132 Å². The van der Waals surface area contributed by atoms with E-state index in [9.17, 15) is 0 Å². The van der Waals surface area contributed by atoms with E-state index in [1.807, 2.05) is 27.7 Å². The highest BCUT2D eigenvalue weighted by Gasteiger charge is 2.47. The van der Waals surface area contributed by atoms with Gasteiger partial charge >= 0.3 is 35.2 Å². The smallest absolute Gasteiger partial charge is 0.377 e. The van der Waals surface area contributed by atoms with E-state index in [0.717, 1.165) is 21.5 Å². The van der Waals surface area contributed by atoms with Crippen molar-refractivity contribution in [2.24, 2.45) is 0 Å². The zero-order chi connectivity index (χ0) is 55.7. The fourth-order valence-corrected chi connectivity index (χ4v) is 18.9. The standard InChI is InChI=1S/C54H78N2O16Si4/c1-17-37(18-2)55-51(57)43-33(21-25-73(61-5,62-6)63-7)29-39-41-31-35(23-27-75(67-11,68-12)69-13)45-50-46(54(60)56(53(45)59)38(19-3)20-4)36(24-28-76(70-14,71-15)72-16)32-42(48(41)50)40-30-34(22-26-74(64-8,65-9)66-10)44(52(55)58)49(43)47(39)40/h29-32,37-38H,17-28H2,1-16H3. The second-order valence-electron chi connectivity index (χ2n) is 19.4. The molecule has 0 unspecified atom stereocenters. The van der Waals surface area contributed by atoms with Crippen molar-refractivity contribution >= 4 is 102 Å². The highest BCUT2D eigenvalue weighted by atomic mass is 28.4. The molecule has 76 heavy (non-hydrogen) atoms. The van der Waals surface area contributed by atoms with Gasteiger partial charge in [-0.25, -0.2) is 0 Å². The molecule has 5 aromatic carbocycles. The molecule has 416 valence electrons. The fraction of sp³-hybridized carbons (Fsp3) is 0.556. The van der Waals surface area contributed by atoms with Gasteiger partial charge in [0.1, 0.15) is 0 Å². The van der Waals surface area contributed by atoms with Crippen LogP contribution in [0.4, 0.5) is 0 Å². The van der Waals surface area contributed by atoms with E-state index in [1.54, 1.807) is 85.3 Å². The van der Waals surface area contributed by atoms with Crippen molar-refractivity contribution in [3.8, 4) is 0 Å². The molecule has 18 nitrogen and oxygen atoms in total. The Balaban J connectivity index is 1.77. The summed E-state index contributed by atoms with van der Waals surface area (Å²) in [5.74, 6) is -1.56. The summed E-state index contributed by atoms with van der Waals surface area (Å²) < 4.78 is 71.6. The number of carbonyl (C=O) groups excluding carboxylic acids is 4. The first-order valence-corrected chi connectivity index (χ1v) is 33.9. The van der Waals surface area contributed by atoms with Crippen LogP contribution in [0, 0.1) is 0 Å². The topological polar surface area (TPSA) is 186 Å². The first-order valence-electron chi connectivity index (χ1n) is 26.2. The summed E-state index contributed by atoms with van der Waals surface area (Å²) in [5, 5.41) is 5.41. The van der Waals surface area contributed by atoms with Crippen molar-refractivity contribution in [2.45, 2.75) is 115 Å². The molecule has 0 bridgehead atoms.